The van der Waals surface area contributed by atoms with Crippen molar-refractivity contribution in [1.29, 1.82) is 0 Å². The topological polar surface area (TPSA) is 50.8 Å². The van der Waals surface area contributed by atoms with Gasteiger partial charge in [0.15, 0.2) is 0 Å². The van der Waals surface area contributed by atoms with Crippen molar-refractivity contribution in [3.05, 3.63) is 29.8 Å². The van der Waals surface area contributed by atoms with E-state index in [0.717, 1.165) is 17.7 Å². The van der Waals surface area contributed by atoms with Gasteiger partial charge in [0.05, 0.1) is 13.7 Å². The number of ether oxygens (including phenoxy) is 2. The average Bonchev–Trinajstić information content (AvgIpc) is 2.86. The van der Waals surface area contributed by atoms with Crippen molar-refractivity contribution in [2.24, 2.45) is 0 Å². The SMILES string of the molecule is COCCC(C)N1C(=O)CNC1c1cccc(OC)c1. The Kier molecular flexibility index (Phi) is 4.98. The van der Waals surface area contributed by atoms with E-state index in [4.69, 9.17) is 9.47 Å². The maximum absolute atomic E-state index is 12.1. The van der Waals surface area contributed by atoms with E-state index in [1.807, 2.05) is 29.2 Å². The lowest BCUT2D eigenvalue weighted by atomic mass is 10.1. The highest BCUT2D eigenvalue weighted by atomic mass is 16.5. The molecule has 2 atom stereocenters. The second kappa shape index (κ2) is 6.72. The molecule has 1 fully saturated rings. The largest absolute Gasteiger partial charge is 0.497 e. The number of nitrogens with zero attached hydrogens (tertiary/aromatic N) is 1. The summed E-state index contributed by atoms with van der Waals surface area (Å²) < 4.78 is 10.4. The molecule has 5 nitrogen and oxygen atoms in total. The summed E-state index contributed by atoms with van der Waals surface area (Å²) in [5.41, 5.74) is 1.04. The zero-order valence-electron chi connectivity index (χ0n) is 12.3. The quantitative estimate of drug-likeness (QED) is 0.858. The monoisotopic (exact) mass is 278 g/mol. The maximum atomic E-state index is 12.1. The number of amides is 1. The lowest BCUT2D eigenvalue weighted by Gasteiger charge is -2.30. The van der Waals surface area contributed by atoms with Crippen molar-refractivity contribution in [2.45, 2.75) is 25.6 Å². The lowest BCUT2D eigenvalue weighted by Crippen LogP contribution is -2.38. The molecule has 1 aliphatic rings. The summed E-state index contributed by atoms with van der Waals surface area (Å²) in [7, 11) is 3.32. The number of nitrogens with one attached hydrogen (secondary N) is 1. The molecule has 0 radical (unpaired) electrons. The highest BCUT2D eigenvalue weighted by molar-refractivity contribution is 5.81. The summed E-state index contributed by atoms with van der Waals surface area (Å²) in [4.78, 5) is 14.0. The van der Waals surface area contributed by atoms with E-state index in [2.05, 4.69) is 12.2 Å². The van der Waals surface area contributed by atoms with Gasteiger partial charge >= 0.3 is 0 Å². The normalized spacial score (nSPS) is 20.2. The minimum Gasteiger partial charge on any atom is -0.497 e. The average molecular weight is 278 g/mol. The zero-order valence-corrected chi connectivity index (χ0v) is 12.3. The van der Waals surface area contributed by atoms with Crippen molar-refractivity contribution < 1.29 is 14.3 Å². The maximum Gasteiger partial charge on any atom is 0.238 e. The summed E-state index contributed by atoms with van der Waals surface area (Å²) >= 11 is 0. The number of hydrogen-bond acceptors (Lipinski definition) is 4. The molecule has 1 heterocycles. The zero-order chi connectivity index (χ0) is 14.5. The molecule has 110 valence electrons. The van der Waals surface area contributed by atoms with Gasteiger partial charge in [0.25, 0.3) is 0 Å². The highest BCUT2D eigenvalue weighted by Crippen LogP contribution is 2.28. The molecule has 20 heavy (non-hydrogen) atoms. The summed E-state index contributed by atoms with van der Waals surface area (Å²) in [6, 6.07) is 7.95. The Balaban J connectivity index is 2.18. The summed E-state index contributed by atoms with van der Waals surface area (Å²) in [5, 5.41) is 3.26. The van der Waals surface area contributed by atoms with Gasteiger partial charge in [-0.25, -0.2) is 0 Å². The number of carbonyl (C=O) groups is 1. The van der Waals surface area contributed by atoms with Gasteiger partial charge in [0, 0.05) is 19.8 Å². The Bertz CT molecular complexity index is 464. The third kappa shape index (κ3) is 3.11. The van der Waals surface area contributed by atoms with Crippen molar-refractivity contribution in [3.8, 4) is 5.75 Å². The van der Waals surface area contributed by atoms with Crippen LogP contribution in [0.1, 0.15) is 25.1 Å². The Morgan fingerprint density at radius 2 is 2.25 bits per heavy atom. The van der Waals surface area contributed by atoms with Gasteiger partial charge in [-0.05, 0) is 31.0 Å². The smallest absolute Gasteiger partial charge is 0.238 e. The molecule has 0 aromatic heterocycles. The highest BCUT2D eigenvalue weighted by Gasteiger charge is 2.34. The van der Waals surface area contributed by atoms with Gasteiger partial charge in [0.2, 0.25) is 5.91 Å². The van der Waals surface area contributed by atoms with Crippen molar-refractivity contribution in [2.75, 3.05) is 27.4 Å². The summed E-state index contributed by atoms with van der Waals surface area (Å²) in [6.45, 7) is 3.08. The minimum absolute atomic E-state index is 0.0931. The van der Waals surface area contributed by atoms with Crippen molar-refractivity contribution in [1.82, 2.24) is 10.2 Å². The molecule has 1 N–H and O–H groups in total. The molecular weight excluding hydrogens is 256 g/mol. The lowest BCUT2D eigenvalue weighted by molar-refractivity contribution is -0.130. The van der Waals surface area contributed by atoms with Crippen LogP contribution in [0.2, 0.25) is 0 Å². The van der Waals surface area contributed by atoms with E-state index in [-0.39, 0.29) is 18.1 Å². The molecule has 0 aliphatic carbocycles. The molecule has 1 amide bonds. The van der Waals surface area contributed by atoms with Crippen LogP contribution < -0.4 is 10.1 Å². The van der Waals surface area contributed by atoms with E-state index < -0.39 is 0 Å². The minimum atomic E-state index is -0.0931. The predicted octanol–water partition coefficient (Wildman–Crippen LogP) is 1.55. The van der Waals surface area contributed by atoms with Crippen LogP contribution in [0.25, 0.3) is 0 Å². The fourth-order valence-corrected chi connectivity index (χ4v) is 2.54. The first-order valence-corrected chi connectivity index (χ1v) is 6.84. The number of methoxy groups -OCH3 is 2. The Morgan fingerprint density at radius 3 is 2.95 bits per heavy atom. The Morgan fingerprint density at radius 1 is 1.45 bits per heavy atom. The van der Waals surface area contributed by atoms with Crippen molar-refractivity contribution in [3.63, 3.8) is 0 Å². The summed E-state index contributed by atoms with van der Waals surface area (Å²) in [5.74, 6) is 0.926. The van der Waals surface area contributed by atoms with E-state index in [0.29, 0.717) is 13.2 Å². The molecule has 2 rings (SSSR count). The molecule has 1 aliphatic heterocycles. The van der Waals surface area contributed by atoms with Crippen molar-refractivity contribution >= 4 is 5.91 Å². The molecule has 0 spiro atoms. The van der Waals surface area contributed by atoms with Gasteiger partial charge in [0.1, 0.15) is 11.9 Å². The molecule has 0 saturated carbocycles. The van der Waals surface area contributed by atoms with Gasteiger partial charge in [-0.15, -0.1) is 0 Å². The van der Waals surface area contributed by atoms with E-state index in [1.165, 1.54) is 0 Å². The second-order valence-electron chi connectivity index (χ2n) is 4.99. The standard InChI is InChI=1S/C15H22N2O3/c1-11(7-8-19-2)17-14(18)10-16-15(17)12-5-4-6-13(9-12)20-3/h4-6,9,11,15-16H,7-8,10H2,1-3H3. The fraction of sp³-hybridized carbons (Fsp3) is 0.533. The van der Waals surface area contributed by atoms with Crippen LogP contribution in [0.3, 0.4) is 0 Å². The molecule has 2 unspecified atom stereocenters. The Hall–Kier alpha value is -1.59. The number of carbonyl (C=O) groups excluding carboxylic acids is 1. The third-order valence-electron chi connectivity index (χ3n) is 3.64. The van der Waals surface area contributed by atoms with Gasteiger partial charge in [-0.1, -0.05) is 12.1 Å². The van der Waals surface area contributed by atoms with Crippen LogP contribution in [0.4, 0.5) is 0 Å². The van der Waals surface area contributed by atoms with Crippen LogP contribution in [-0.4, -0.2) is 44.2 Å². The van der Waals surface area contributed by atoms with Gasteiger partial charge < -0.3 is 14.4 Å². The van der Waals surface area contributed by atoms with Crippen LogP contribution in [-0.2, 0) is 9.53 Å². The van der Waals surface area contributed by atoms with E-state index >= 15 is 0 Å². The summed E-state index contributed by atoms with van der Waals surface area (Å²) in [6.07, 6.45) is 0.731. The van der Waals surface area contributed by atoms with E-state index in [9.17, 15) is 4.79 Å². The van der Waals surface area contributed by atoms with Crippen LogP contribution in [0, 0.1) is 0 Å². The molecule has 1 saturated heterocycles. The number of rotatable bonds is 6. The molecule has 0 bridgehead atoms. The first-order chi connectivity index (χ1) is 9.67. The van der Waals surface area contributed by atoms with Crippen LogP contribution in [0.15, 0.2) is 24.3 Å². The van der Waals surface area contributed by atoms with Gasteiger partial charge in [-0.3, -0.25) is 10.1 Å². The number of hydrogen-bond donors (Lipinski definition) is 1. The third-order valence-corrected chi connectivity index (χ3v) is 3.64. The molecule has 5 heteroatoms. The second-order valence-corrected chi connectivity index (χ2v) is 4.99. The van der Waals surface area contributed by atoms with E-state index in [1.54, 1.807) is 14.2 Å². The Labute approximate surface area is 119 Å². The van der Waals surface area contributed by atoms with Crippen LogP contribution in [0.5, 0.6) is 5.75 Å². The van der Waals surface area contributed by atoms with Crippen LogP contribution >= 0.6 is 0 Å². The molecule has 1 aromatic rings. The first-order valence-electron chi connectivity index (χ1n) is 6.84. The van der Waals surface area contributed by atoms with Gasteiger partial charge in [-0.2, -0.15) is 0 Å². The fourth-order valence-electron chi connectivity index (χ4n) is 2.54. The molecule has 1 aromatic carbocycles. The number of benzene rings is 1. The predicted molar refractivity (Wildman–Crippen MR) is 76.5 cm³/mol. The molecular formula is C15H22N2O3. The first kappa shape index (κ1) is 14.8.